The Morgan fingerprint density at radius 2 is 2.11 bits per heavy atom. The third-order valence-corrected chi connectivity index (χ3v) is 5.95. The fraction of sp³-hybridized carbons (Fsp3) is 0.533. The van der Waals surface area contributed by atoms with Crippen molar-refractivity contribution < 1.29 is 0 Å². The number of aryl methyl sites for hydroxylation is 1. The molecule has 2 aliphatic carbocycles. The fourth-order valence-corrected chi connectivity index (χ4v) is 5.21. The topological polar surface area (TPSA) is 38.9 Å². The van der Waals surface area contributed by atoms with Gasteiger partial charge in [-0.05, 0) is 55.7 Å². The molecule has 2 bridgehead atoms. The molecule has 0 saturated heterocycles. The number of thiazole rings is 1. The van der Waals surface area contributed by atoms with Gasteiger partial charge in [-0.15, -0.1) is 11.3 Å². The monoisotopic (exact) mass is 258 g/mol. The smallest absolute Gasteiger partial charge is 0.0987 e. The molecule has 2 fully saturated rings. The minimum absolute atomic E-state index is 0.352. The van der Waals surface area contributed by atoms with E-state index in [1.165, 1.54) is 34.5 Å². The van der Waals surface area contributed by atoms with Crippen molar-refractivity contribution >= 4 is 21.6 Å². The number of rotatable bonds is 1. The summed E-state index contributed by atoms with van der Waals surface area (Å²) in [5.41, 5.74) is 8.88. The zero-order chi connectivity index (χ0) is 12.3. The van der Waals surface area contributed by atoms with Gasteiger partial charge in [0.15, 0.2) is 0 Å². The van der Waals surface area contributed by atoms with Gasteiger partial charge >= 0.3 is 0 Å². The third-order valence-electron chi connectivity index (χ3n) is 4.83. The second-order valence-corrected chi connectivity index (χ2v) is 7.02. The molecule has 2 aromatic rings. The summed E-state index contributed by atoms with van der Waals surface area (Å²) in [5, 5.41) is 1.29. The standard InChI is InChI=1S/C15H18N2S/c1-8-2-5-11-12(6-8)18-15(17-11)13-9-3-4-10(7-9)14(13)16/h2,5-6,9-10,13-14H,3-4,7,16H2,1H3. The van der Waals surface area contributed by atoms with Gasteiger partial charge in [0.1, 0.15) is 0 Å². The number of nitrogens with zero attached hydrogens (tertiary/aromatic N) is 1. The van der Waals surface area contributed by atoms with Crippen LogP contribution in [0.1, 0.15) is 35.8 Å². The number of fused-ring (bicyclic) bond motifs is 3. The van der Waals surface area contributed by atoms with Crippen LogP contribution < -0.4 is 5.73 Å². The Balaban J connectivity index is 1.78. The van der Waals surface area contributed by atoms with E-state index < -0.39 is 0 Å². The van der Waals surface area contributed by atoms with Crippen LogP contribution >= 0.6 is 11.3 Å². The molecule has 0 aliphatic heterocycles. The van der Waals surface area contributed by atoms with E-state index in [-0.39, 0.29) is 0 Å². The first-order valence-corrected chi connectivity index (χ1v) is 7.66. The van der Waals surface area contributed by atoms with Crippen molar-refractivity contribution in [2.45, 2.75) is 38.1 Å². The Kier molecular flexibility index (Phi) is 2.30. The van der Waals surface area contributed by atoms with Gasteiger partial charge in [0.05, 0.1) is 15.2 Å². The number of nitrogens with two attached hydrogens (primary N) is 1. The quantitative estimate of drug-likeness (QED) is 0.851. The van der Waals surface area contributed by atoms with E-state index in [9.17, 15) is 0 Å². The Morgan fingerprint density at radius 1 is 1.28 bits per heavy atom. The fourth-order valence-electron chi connectivity index (χ4n) is 3.89. The van der Waals surface area contributed by atoms with Crippen molar-refractivity contribution in [1.82, 2.24) is 4.98 Å². The van der Waals surface area contributed by atoms with Gasteiger partial charge in [0.25, 0.3) is 0 Å². The summed E-state index contributed by atoms with van der Waals surface area (Å²) in [6.45, 7) is 2.14. The van der Waals surface area contributed by atoms with Gasteiger partial charge in [-0.2, -0.15) is 0 Å². The Morgan fingerprint density at radius 3 is 2.89 bits per heavy atom. The summed E-state index contributed by atoms with van der Waals surface area (Å²) < 4.78 is 1.32. The van der Waals surface area contributed by atoms with Gasteiger partial charge < -0.3 is 5.73 Å². The zero-order valence-electron chi connectivity index (χ0n) is 10.6. The summed E-state index contributed by atoms with van der Waals surface area (Å²) in [4.78, 5) is 4.84. The van der Waals surface area contributed by atoms with Crippen LogP contribution in [-0.4, -0.2) is 11.0 Å². The van der Waals surface area contributed by atoms with Crippen molar-refractivity contribution in [3.63, 3.8) is 0 Å². The zero-order valence-corrected chi connectivity index (χ0v) is 11.4. The maximum atomic E-state index is 6.41. The molecule has 2 nitrogen and oxygen atoms in total. The highest BCUT2D eigenvalue weighted by Gasteiger charge is 2.47. The molecule has 18 heavy (non-hydrogen) atoms. The number of hydrogen-bond donors (Lipinski definition) is 1. The minimum Gasteiger partial charge on any atom is -0.327 e. The molecule has 2 saturated carbocycles. The van der Waals surface area contributed by atoms with Crippen LogP contribution in [0, 0.1) is 18.8 Å². The van der Waals surface area contributed by atoms with Gasteiger partial charge in [-0.3, -0.25) is 0 Å². The second-order valence-electron chi connectivity index (χ2n) is 5.96. The molecule has 4 rings (SSSR count). The van der Waals surface area contributed by atoms with Gasteiger partial charge in [-0.1, -0.05) is 6.07 Å². The summed E-state index contributed by atoms with van der Waals surface area (Å²) in [6.07, 6.45) is 4.03. The van der Waals surface area contributed by atoms with Crippen molar-refractivity contribution in [2.24, 2.45) is 17.6 Å². The van der Waals surface area contributed by atoms with Crippen LogP contribution in [0.15, 0.2) is 18.2 Å². The van der Waals surface area contributed by atoms with Gasteiger partial charge in [-0.25, -0.2) is 4.98 Å². The van der Waals surface area contributed by atoms with Crippen LogP contribution in [-0.2, 0) is 0 Å². The molecular weight excluding hydrogens is 240 g/mol. The van der Waals surface area contributed by atoms with Crippen LogP contribution in [0.3, 0.4) is 0 Å². The van der Waals surface area contributed by atoms with E-state index >= 15 is 0 Å². The number of benzene rings is 1. The lowest BCUT2D eigenvalue weighted by molar-refractivity contribution is 0.365. The summed E-state index contributed by atoms with van der Waals surface area (Å²) in [7, 11) is 0. The maximum Gasteiger partial charge on any atom is 0.0987 e. The first-order chi connectivity index (χ1) is 8.72. The molecule has 2 aliphatic rings. The lowest BCUT2D eigenvalue weighted by Crippen LogP contribution is -2.33. The molecule has 4 atom stereocenters. The molecule has 0 spiro atoms. The lowest BCUT2D eigenvalue weighted by Gasteiger charge is -2.26. The molecule has 94 valence electrons. The Bertz CT molecular complexity index is 602. The molecule has 0 radical (unpaired) electrons. The molecule has 2 N–H and O–H groups in total. The number of aromatic nitrogens is 1. The largest absolute Gasteiger partial charge is 0.327 e. The lowest BCUT2D eigenvalue weighted by atomic mass is 9.85. The van der Waals surface area contributed by atoms with Crippen LogP contribution in [0.4, 0.5) is 0 Å². The molecule has 1 heterocycles. The number of hydrogen-bond acceptors (Lipinski definition) is 3. The molecule has 1 aromatic carbocycles. The third kappa shape index (κ3) is 1.47. The summed E-state index contributed by atoms with van der Waals surface area (Å²) >= 11 is 1.86. The Labute approximate surface area is 111 Å². The van der Waals surface area contributed by atoms with Crippen molar-refractivity contribution in [2.75, 3.05) is 0 Å². The Hall–Kier alpha value is -0.930. The summed E-state index contributed by atoms with van der Waals surface area (Å²) in [6, 6.07) is 6.89. The molecule has 1 aromatic heterocycles. The average Bonchev–Trinajstić information content (AvgIpc) is 3.00. The van der Waals surface area contributed by atoms with Crippen LogP contribution in [0.2, 0.25) is 0 Å². The molecule has 4 unspecified atom stereocenters. The second kappa shape index (κ2) is 3.78. The highest BCUT2D eigenvalue weighted by atomic mass is 32.1. The first kappa shape index (κ1) is 10.9. The van der Waals surface area contributed by atoms with E-state index in [4.69, 9.17) is 10.7 Å². The predicted molar refractivity (Wildman–Crippen MR) is 75.9 cm³/mol. The highest BCUT2D eigenvalue weighted by molar-refractivity contribution is 7.18. The van der Waals surface area contributed by atoms with Crippen molar-refractivity contribution in [3.8, 4) is 0 Å². The van der Waals surface area contributed by atoms with Crippen LogP contribution in [0.25, 0.3) is 10.2 Å². The normalized spacial score (nSPS) is 34.6. The van der Waals surface area contributed by atoms with Gasteiger partial charge in [0, 0.05) is 12.0 Å². The van der Waals surface area contributed by atoms with Crippen LogP contribution in [0.5, 0.6) is 0 Å². The van der Waals surface area contributed by atoms with Gasteiger partial charge in [0.2, 0.25) is 0 Å². The van der Waals surface area contributed by atoms with E-state index in [0.29, 0.717) is 12.0 Å². The molecule has 3 heteroatoms. The van der Waals surface area contributed by atoms with E-state index in [0.717, 1.165) is 17.4 Å². The minimum atomic E-state index is 0.352. The first-order valence-electron chi connectivity index (χ1n) is 6.85. The predicted octanol–water partition coefficient (Wildman–Crippen LogP) is 3.45. The maximum absolute atomic E-state index is 6.41. The molecular formula is C15H18N2S. The van der Waals surface area contributed by atoms with Crippen molar-refractivity contribution in [1.29, 1.82) is 0 Å². The summed E-state index contributed by atoms with van der Waals surface area (Å²) in [5.74, 6) is 2.09. The van der Waals surface area contributed by atoms with E-state index in [2.05, 4.69) is 25.1 Å². The SMILES string of the molecule is Cc1ccc2nc(C3C4CCC(C4)C3N)sc2c1. The molecule has 0 amide bonds. The highest BCUT2D eigenvalue weighted by Crippen LogP contribution is 2.53. The van der Waals surface area contributed by atoms with E-state index in [1.807, 2.05) is 11.3 Å². The van der Waals surface area contributed by atoms with Crippen molar-refractivity contribution in [3.05, 3.63) is 28.8 Å². The van der Waals surface area contributed by atoms with E-state index in [1.54, 1.807) is 0 Å². The average molecular weight is 258 g/mol.